The standard InChI is InChI=1S/C42H30F12P2/c1-38(2,36-18-11-17-34(36)35-16-9-10-19-37(35)55(30-12-5-3-6-13-30)31-14-7-4-8-15-31)56(32-22-26(39(43,44)45)20-27(23-32)40(46,47)48)33-24-28(41(49,50)51)21-29(25-33)42(52,53)54/h3-25,36H,1-2H3/t36-/m1/s1. The van der Waals surface area contributed by atoms with E-state index in [1.165, 1.54) is 13.8 Å². The van der Waals surface area contributed by atoms with E-state index in [0.29, 0.717) is 35.4 Å². The third-order valence-electron chi connectivity index (χ3n) is 9.40. The Bertz CT molecular complexity index is 2070. The fourth-order valence-electron chi connectivity index (χ4n) is 6.93. The number of rotatable bonds is 8. The minimum atomic E-state index is -5.34. The van der Waals surface area contributed by atoms with Crippen molar-refractivity contribution in [3.8, 4) is 0 Å². The van der Waals surface area contributed by atoms with E-state index in [1.807, 2.05) is 72.8 Å². The highest BCUT2D eigenvalue weighted by atomic mass is 31.1. The minimum absolute atomic E-state index is 0.121. The molecule has 0 radical (unpaired) electrons. The number of hydrogen-bond acceptors (Lipinski definition) is 0. The SMILES string of the molecule is CC(C)([C@@H]1C=CC=C1c1ccccc1P(c1ccccc1)c1ccccc1)P(c1cc(C(F)(F)F)cc(C(F)(F)F)c1)c1cc(C(F)(F)F)cc(C(F)(F)F)c1. The van der Waals surface area contributed by atoms with E-state index in [2.05, 4.69) is 0 Å². The van der Waals surface area contributed by atoms with Crippen LogP contribution in [-0.2, 0) is 24.7 Å². The van der Waals surface area contributed by atoms with Crippen molar-refractivity contribution in [1.82, 2.24) is 0 Å². The number of halogens is 12. The van der Waals surface area contributed by atoms with Crippen LogP contribution in [-0.4, -0.2) is 5.16 Å². The van der Waals surface area contributed by atoms with Gasteiger partial charge in [0.05, 0.1) is 22.3 Å². The van der Waals surface area contributed by atoms with Crippen LogP contribution in [0.3, 0.4) is 0 Å². The van der Waals surface area contributed by atoms with Gasteiger partial charge in [-0.3, -0.25) is 0 Å². The quantitative estimate of drug-likeness (QED) is 0.108. The first kappa shape index (κ1) is 41.2. The summed E-state index contributed by atoms with van der Waals surface area (Å²) in [6.07, 6.45) is -16.4. The molecule has 1 aliphatic carbocycles. The summed E-state index contributed by atoms with van der Waals surface area (Å²) in [4.78, 5) is 0. The van der Waals surface area contributed by atoms with Crippen LogP contribution in [0.2, 0.25) is 0 Å². The summed E-state index contributed by atoms with van der Waals surface area (Å²) in [6.45, 7) is 2.90. The van der Waals surface area contributed by atoms with Crippen molar-refractivity contribution in [1.29, 1.82) is 0 Å². The van der Waals surface area contributed by atoms with Gasteiger partial charge in [-0.2, -0.15) is 52.7 Å². The van der Waals surface area contributed by atoms with Crippen LogP contribution in [0.4, 0.5) is 52.7 Å². The average Bonchev–Trinajstić information content (AvgIpc) is 3.63. The Morgan fingerprint density at radius 2 is 0.821 bits per heavy atom. The zero-order chi connectivity index (χ0) is 40.8. The zero-order valence-corrected chi connectivity index (χ0v) is 31.1. The summed E-state index contributed by atoms with van der Waals surface area (Å²) in [7, 11) is -4.15. The van der Waals surface area contributed by atoms with E-state index in [9.17, 15) is 52.7 Å². The van der Waals surface area contributed by atoms with E-state index in [1.54, 1.807) is 30.4 Å². The molecule has 0 heterocycles. The van der Waals surface area contributed by atoms with Crippen molar-refractivity contribution >= 4 is 47.9 Å². The lowest BCUT2D eigenvalue weighted by Crippen LogP contribution is -2.38. The fraction of sp³-hybridized carbons (Fsp3) is 0.190. The van der Waals surface area contributed by atoms with Crippen molar-refractivity contribution in [2.24, 2.45) is 5.92 Å². The first-order chi connectivity index (χ1) is 26.1. The maximum atomic E-state index is 14.2. The van der Waals surface area contributed by atoms with E-state index in [0.717, 1.165) is 15.9 Å². The van der Waals surface area contributed by atoms with Gasteiger partial charge in [0, 0.05) is 11.1 Å². The smallest absolute Gasteiger partial charge is 0.166 e. The van der Waals surface area contributed by atoms with Gasteiger partial charge in [-0.25, -0.2) is 0 Å². The maximum Gasteiger partial charge on any atom is 0.416 e. The highest BCUT2D eigenvalue weighted by molar-refractivity contribution is 7.80. The lowest BCUT2D eigenvalue weighted by atomic mass is 9.86. The van der Waals surface area contributed by atoms with E-state index >= 15 is 0 Å². The molecule has 0 N–H and O–H groups in total. The van der Waals surface area contributed by atoms with Crippen molar-refractivity contribution in [3.63, 3.8) is 0 Å². The van der Waals surface area contributed by atoms with E-state index < -0.39 is 84.5 Å². The predicted molar refractivity (Wildman–Crippen MR) is 199 cm³/mol. The molecule has 0 aliphatic heterocycles. The Kier molecular flexibility index (Phi) is 11.2. The second kappa shape index (κ2) is 15.2. The molecular weight excluding hydrogens is 794 g/mol. The maximum absolute atomic E-state index is 14.2. The van der Waals surface area contributed by atoms with Crippen LogP contribution in [0, 0.1) is 5.92 Å². The summed E-state index contributed by atoms with van der Waals surface area (Å²) in [5.74, 6) is -0.911. The molecule has 0 saturated carbocycles. The molecule has 0 nitrogen and oxygen atoms in total. The van der Waals surface area contributed by atoms with Crippen molar-refractivity contribution < 1.29 is 52.7 Å². The zero-order valence-electron chi connectivity index (χ0n) is 29.3. The molecule has 5 aromatic rings. The second-order valence-corrected chi connectivity index (χ2v) is 18.6. The molecule has 0 amide bonds. The van der Waals surface area contributed by atoms with Crippen LogP contribution < -0.4 is 26.5 Å². The number of allylic oxidation sites excluding steroid dienone is 4. The van der Waals surface area contributed by atoms with Gasteiger partial charge in [0.25, 0.3) is 0 Å². The van der Waals surface area contributed by atoms with Crippen molar-refractivity contribution in [2.45, 2.75) is 43.7 Å². The number of hydrogen-bond donors (Lipinski definition) is 0. The van der Waals surface area contributed by atoms with Gasteiger partial charge in [-0.1, -0.05) is 117 Å². The molecule has 0 unspecified atom stereocenters. The molecule has 6 rings (SSSR count). The molecule has 0 fully saturated rings. The molecule has 14 heteroatoms. The van der Waals surface area contributed by atoms with Gasteiger partial charge in [-0.15, -0.1) is 0 Å². The first-order valence-corrected chi connectivity index (χ1v) is 19.5. The van der Waals surface area contributed by atoms with Crippen LogP contribution in [0.15, 0.2) is 140 Å². The Morgan fingerprint density at radius 1 is 0.446 bits per heavy atom. The first-order valence-electron chi connectivity index (χ1n) is 16.8. The largest absolute Gasteiger partial charge is 0.416 e. The van der Waals surface area contributed by atoms with Crippen LogP contribution in [0.1, 0.15) is 41.7 Å². The van der Waals surface area contributed by atoms with Crippen LogP contribution in [0.25, 0.3) is 5.57 Å². The van der Waals surface area contributed by atoms with Gasteiger partial charge in [-0.05, 0) is 89.9 Å². The van der Waals surface area contributed by atoms with Crippen LogP contribution in [0.5, 0.6) is 0 Å². The molecule has 0 aromatic heterocycles. The monoisotopic (exact) mass is 824 g/mol. The molecule has 292 valence electrons. The van der Waals surface area contributed by atoms with Gasteiger partial charge < -0.3 is 0 Å². The second-order valence-electron chi connectivity index (χ2n) is 13.5. The lowest BCUT2D eigenvalue weighted by molar-refractivity contribution is -0.144. The Morgan fingerprint density at radius 3 is 1.21 bits per heavy atom. The molecular formula is C42H30F12P2. The molecule has 1 aliphatic rings. The van der Waals surface area contributed by atoms with Crippen molar-refractivity contribution in [2.75, 3.05) is 0 Å². The Hall–Kier alpha value is -4.40. The van der Waals surface area contributed by atoms with Crippen molar-refractivity contribution in [3.05, 3.63) is 167 Å². The summed E-state index contributed by atoms with van der Waals surface area (Å²) in [5.41, 5.74) is -5.77. The topological polar surface area (TPSA) is 0 Å². The Balaban J connectivity index is 1.61. The molecule has 5 aromatic carbocycles. The molecule has 56 heavy (non-hydrogen) atoms. The van der Waals surface area contributed by atoms with Gasteiger partial charge in [0.2, 0.25) is 0 Å². The fourth-order valence-corrected chi connectivity index (χ4v) is 12.6. The van der Waals surface area contributed by atoms with E-state index in [4.69, 9.17) is 0 Å². The summed E-state index contributed by atoms with van der Waals surface area (Å²) in [5, 5.41) is -0.247. The van der Waals surface area contributed by atoms with Gasteiger partial charge in [0.15, 0.2) is 0 Å². The van der Waals surface area contributed by atoms with E-state index in [-0.39, 0.29) is 12.1 Å². The van der Waals surface area contributed by atoms with Gasteiger partial charge in [0.1, 0.15) is 0 Å². The summed E-state index contributed by atoms with van der Waals surface area (Å²) < 4.78 is 171. The number of alkyl halides is 12. The third kappa shape index (κ3) is 8.62. The van der Waals surface area contributed by atoms with Gasteiger partial charge >= 0.3 is 24.7 Å². The third-order valence-corrected chi connectivity index (χ3v) is 14.9. The Labute approximate surface area is 317 Å². The highest BCUT2D eigenvalue weighted by Crippen LogP contribution is 2.58. The average molecular weight is 825 g/mol. The lowest BCUT2D eigenvalue weighted by Gasteiger charge is -2.42. The molecule has 1 atom stereocenters. The summed E-state index contributed by atoms with van der Waals surface area (Å²) >= 11 is 0. The summed E-state index contributed by atoms with van der Waals surface area (Å²) in [6, 6.07) is 27.7. The molecule has 0 spiro atoms. The molecule has 0 saturated heterocycles. The minimum Gasteiger partial charge on any atom is -0.166 e. The molecule has 0 bridgehead atoms. The van der Waals surface area contributed by atoms with Crippen LogP contribution >= 0.6 is 15.8 Å². The highest BCUT2D eigenvalue weighted by Gasteiger charge is 2.46. The normalized spacial score (nSPS) is 15.5. The number of benzene rings is 5. The predicted octanol–water partition coefficient (Wildman–Crippen LogP) is 12.0.